The summed E-state index contributed by atoms with van der Waals surface area (Å²) in [5.41, 5.74) is 6.11. The van der Waals surface area contributed by atoms with Gasteiger partial charge in [0.25, 0.3) is 0 Å². The Bertz CT molecular complexity index is 333. The molecule has 0 aliphatic carbocycles. The second-order valence-corrected chi connectivity index (χ2v) is 3.50. The smallest absolute Gasteiger partial charge is 0.0131 e. The Hall–Kier alpha value is -1.30. The second kappa shape index (κ2) is 3.61. The fourth-order valence-electron chi connectivity index (χ4n) is 1.79. The van der Waals surface area contributed by atoms with Gasteiger partial charge >= 0.3 is 0 Å². The van der Waals surface area contributed by atoms with Crippen molar-refractivity contribution >= 4 is 5.57 Å². The van der Waals surface area contributed by atoms with Crippen molar-refractivity contribution < 1.29 is 0 Å². The minimum Gasteiger partial charge on any atom is -0.0985 e. The van der Waals surface area contributed by atoms with Gasteiger partial charge in [-0.15, -0.1) is 0 Å². The van der Waals surface area contributed by atoms with Gasteiger partial charge in [0.2, 0.25) is 0 Å². The number of hydrogen-bond donors (Lipinski definition) is 0. The van der Waals surface area contributed by atoms with Crippen LogP contribution < -0.4 is 0 Å². The van der Waals surface area contributed by atoms with Gasteiger partial charge in [-0.05, 0) is 43.0 Å². The maximum Gasteiger partial charge on any atom is -0.0131 e. The first-order valence-corrected chi connectivity index (χ1v) is 4.46. The molecule has 0 aliphatic rings. The highest BCUT2D eigenvalue weighted by Crippen LogP contribution is 2.23. The minimum atomic E-state index is 1.01. The van der Waals surface area contributed by atoms with Crippen LogP contribution in [0.1, 0.15) is 22.3 Å². The van der Waals surface area contributed by atoms with Gasteiger partial charge in [0, 0.05) is 0 Å². The molecule has 0 radical (unpaired) electrons. The molecule has 68 valence electrons. The van der Waals surface area contributed by atoms with Gasteiger partial charge in [-0.1, -0.05) is 36.9 Å². The van der Waals surface area contributed by atoms with Crippen LogP contribution in [-0.4, -0.2) is 0 Å². The molecular weight excluding hydrogens is 156 g/mol. The summed E-state index contributed by atoms with van der Waals surface area (Å²) in [6.07, 6.45) is 1.81. The number of benzene rings is 1. The van der Waals surface area contributed by atoms with Crippen LogP contribution >= 0.6 is 0 Å². The average Bonchev–Trinajstić information content (AvgIpc) is 2.02. The molecule has 0 fully saturated rings. The number of rotatable bonds is 2. The highest BCUT2D eigenvalue weighted by atomic mass is 14.1. The van der Waals surface area contributed by atoms with E-state index in [-0.39, 0.29) is 0 Å². The Morgan fingerprint density at radius 2 is 1.62 bits per heavy atom. The van der Waals surface area contributed by atoms with Crippen LogP contribution in [-0.2, 0) is 0 Å². The van der Waals surface area contributed by atoms with Gasteiger partial charge < -0.3 is 0 Å². The molecule has 0 saturated carbocycles. The van der Waals surface area contributed by atoms with Crippen molar-refractivity contribution in [1.29, 1.82) is 0 Å². The fraction of sp³-hybridized carbons (Fsp3) is 0.231. The average molecular weight is 172 g/mol. The summed E-state index contributed by atoms with van der Waals surface area (Å²) in [6, 6.07) is 4.36. The van der Waals surface area contributed by atoms with E-state index in [0.717, 1.165) is 5.57 Å². The topological polar surface area (TPSA) is 0 Å². The van der Waals surface area contributed by atoms with Gasteiger partial charge in [0.15, 0.2) is 0 Å². The highest BCUT2D eigenvalue weighted by molar-refractivity contribution is 5.75. The van der Waals surface area contributed by atoms with Crippen molar-refractivity contribution in [3.63, 3.8) is 0 Å². The Labute approximate surface area is 80.6 Å². The monoisotopic (exact) mass is 172 g/mol. The van der Waals surface area contributed by atoms with Crippen LogP contribution in [0.4, 0.5) is 0 Å². The Morgan fingerprint density at radius 3 is 2.00 bits per heavy atom. The molecular formula is C13H16. The summed E-state index contributed by atoms with van der Waals surface area (Å²) in [6.45, 7) is 14.1. The zero-order chi connectivity index (χ0) is 10.0. The Kier molecular flexibility index (Phi) is 2.72. The van der Waals surface area contributed by atoms with Crippen molar-refractivity contribution in [2.24, 2.45) is 0 Å². The van der Waals surface area contributed by atoms with Gasteiger partial charge in [0.1, 0.15) is 0 Å². The summed E-state index contributed by atoms with van der Waals surface area (Å²) in [4.78, 5) is 0. The van der Waals surface area contributed by atoms with Crippen molar-refractivity contribution in [1.82, 2.24) is 0 Å². The Morgan fingerprint density at radius 1 is 1.15 bits per heavy atom. The van der Waals surface area contributed by atoms with E-state index < -0.39 is 0 Å². The molecule has 0 spiro atoms. The summed E-state index contributed by atoms with van der Waals surface area (Å²) in [5.74, 6) is 0. The third kappa shape index (κ3) is 1.89. The van der Waals surface area contributed by atoms with Crippen molar-refractivity contribution in [2.75, 3.05) is 0 Å². The SMILES string of the molecule is C=CC(=C)c1c(C)cc(C)cc1C. The molecule has 0 nitrogen and oxygen atoms in total. The van der Waals surface area contributed by atoms with Crippen LogP contribution in [0, 0.1) is 20.8 Å². The van der Waals surface area contributed by atoms with E-state index in [1.807, 2.05) is 6.08 Å². The molecule has 1 aromatic carbocycles. The molecule has 0 aliphatic heterocycles. The minimum absolute atomic E-state index is 1.01. The summed E-state index contributed by atoms with van der Waals surface area (Å²) in [7, 11) is 0. The zero-order valence-electron chi connectivity index (χ0n) is 8.65. The molecule has 13 heavy (non-hydrogen) atoms. The molecule has 1 rings (SSSR count). The normalized spacial score (nSPS) is 9.77. The van der Waals surface area contributed by atoms with E-state index in [9.17, 15) is 0 Å². The first-order valence-electron chi connectivity index (χ1n) is 4.46. The van der Waals surface area contributed by atoms with Crippen LogP contribution in [0.2, 0.25) is 0 Å². The summed E-state index contributed by atoms with van der Waals surface area (Å²) < 4.78 is 0. The van der Waals surface area contributed by atoms with E-state index in [1.165, 1.54) is 22.3 Å². The summed E-state index contributed by atoms with van der Waals surface area (Å²) in [5, 5.41) is 0. The molecule has 0 N–H and O–H groups in total. The van der Waals surface area contributed by atoms with E-state index in [1.54, 1.807) is 0 Å². The number of allylic oxidation sites excluding steroid dienone is 2. The van der Waals surface area contributed by atoms with Gasteiger partial charge in [-0.3, -0.25) is 0 Å². The Balaban J connectivity index is 3.36. The lowest BCUT2D eigenvalue weighted by Gasteiger charge is -2.10. The lowest BCUT2D eigenvalue weighted by Crippen LogP contribution is -1.91. The number of hydrogen-bond acceptors (Lipinski definition) is 0. The molecule has 0 atom stereocenters. The van der Waals surface area contributed by atoms with Crippen molar-refractivity contribution in [3.8, 4) is 0 Å². The van der Waals surface area contributed by atoms with Crippen LogP contribution in [0.15, 0.2) is 31.4 Å². The molecule has 1 aromatic rings. The lowest BCUT2D eigenvalue weighted by atomic mass is 9.95. The standard InChI is InChI=1S/C13H16/c1-6-10(3)13-11(4)7-9(2)8-12(13)5/h6-8H,1,3H2,2,4-5H3. The third-order valence-corrected chi connectivity index (χ3v) is 2.24. The molecule has 0 heterocycles. The lowest BCUT2D eigenvalue weighted by molar-refractivity contribution is 1.29. The van der Waals surface area contributed by atoms with E-state index >= 15 is 0 Å². The van der Waals surface area contributed by atoms with Crippen LogP contribution in [0.3, 0.4) is 0 Å². The predicted molar refractivity (Wildman–Crippen MR) is 59.9 cm³/mol. The second-order valence-electron chi connectivity index (χ2n) is 3.50. The third-order valence-electron chi connectivity index (χ3n) is 2.24. The van der Waals surface area contributed by atoms with Crippen molar-refractivity contribution in [3.05, 3.63) is 53.6 Å². The molecule has 0 saturated heterocycles. The highest BCUT2D eigenvalue weighted by Gasteiger charge is 2.04. The summed E-state index contributed by atoms with van der Waals surface area (Å²) >= 11 is 0. The number of aryl methyl sites for hydroxylation is 3. The van der Waals surface area contributed by atoms with Gasteiger partial charge in [0.05, 0.1) is 0 Å². The zero-order valence-corrected chi connectivity index (χ0v) is 8.65. The van der Waals surface area contributed by atoms with Crippen LogP contribution in [0.5, 0.6) is 0 Å². The van der Waals surface area contributed by atoms with Gasteiger partial charge in [-0.2, -0.15) is 0 Å². The van der Waals surface area contributed by atoms with E-state index in [2.05, 4.69) is 46.1 Å². The molecule has 0 amide bonds. The first-order chi connectivity index (χ1) is 6.06. The first kappa shape index (κ1) is 9.79. The maximum atomic E-state index is 3.98. The van der Waals surface area contributed by atoms with E-state index in [0.29, 0.717) is 0 Å². The molecule has 0 unspecified atom stereocenters. The van der Waals surface area contributed by atoms with Gasteiger partial charge in [-0.25, -0.2) is 0 Å². The maximum absolute atomic E-state index is 3.98. The molecule has 0 heteroatoms. The largest absolute Gasteiger partial charge is 0.0985 e. The van der Waals surface area contributed by atoms with Crippen LogP contribution in [0.25, 0.3) is 5.57 Å². The molecule has 0 aromatic heterocycles. The van der Waals surface area contributed by atoms with Crippen molar-refractivity contribution in [2.45, 2.75) is 20.8 Å². The van der Waals surface area contributed by atoms with E-state index in [4.69, 9.17) is 0 Å². The fourth-order valence-corrected chi connectivity index (χ4v) is 1.79. The quantitative estimate of drug-likeness (QED) is 0.595. The predicted octanol–water partition coefficient (Wildman–Crippen LogP) is 3.81. The molecule has 0 bridgehead atoms.